The maximum Gasteiger partial charge on any atom is 0.330 e. The molecule has 3 saturated heterocycles. The van der Waals surface area contributed by atoms with Crippen molar-refractivity contribution in [1.29, 1.82) is 0 Å². The average Bonchev–Trinajstić information content (AvgIpc) is 3.16. The van der Waals surface area contributed by atoms with Crippen molar-refractivity contribution >= 4 is 5.97 Å². The monoisotopic (exact) mass is 794 g/mol. The summed E-state index contributed by atoms with van der Waals surface area (Å²) in [6, 6.07) is 0. The maximum atomic E-state index is 12.6. The van der Waals surface area contributed by atoms with E-state index in [1.807, 2.05) is 0 Å². The summed E-state index contributed by atoms with van der Waals surface area (Å²) in [6.07, 6.45) is -18.7. The predicted octanol–water partition coefficient (Wildman–Crippen LogP) is -4.56. The first-order valence-electron chi connectivity index (χ1n) is 19.4. The van der Waals surface area contributed by atoms with Gasteiger partial charge >= 0.3 is 5.97 Å². The molecule has 55 heavy (non-hydrogen) atoms. The first-order valence-corrected chi connectivity index (χ1v) is 19.4. The molecule has 3 aliphatic carbocycles. The number of hydrogen-bond donors (Lipinski definition) is 12. The summed E-state index contributed by atoms with van der Waals surface area (Å²) >= 11 is 0. The Morgan fingerprint density at radius 2 is 1.20 bits per heavy atom. The molecule has 0 aromatic rings. The van der Waals surface area contributed by atoms with E-state index in [9.17, 15) is 66.1 Å². The fraction of sp³-hybridized carbons (Fsp3) is 0.917. The molecule has 3 aliphatic heterocycles. The molecule has 19 heteroatoms. The lowest BCUT2D eigenvalue weighted by atomic mass is 9.72. The Bertz CT molecular complexity index is 1270. The van der Waals surface area contributed by atoms with Crippen molar-refractivity contribution in [2.45, 2.75) is 174 Å². The van der Waals surface area contributed by atoms with E-state index in [0.717, 1.165) is 0 Å². The van der Waals surface area contributed by atoms with E-state index in [2.05, 4.69) is 0 Å². The van der Waals surface area contributed by atoms with Gasteiger partial charge in [0, 0.05) is 18.4 Å². The first kappa shape index (κ1) is 43.1. The molecule has 6 aliphatic rings. The number of aliphatic hydroxyl groups excluding tert-OH is 12. The molecule has 6 rings (SSSR count). The highest BCUT2D eigenvalue weighted by Crippen LogP contribution is 2.45. The number of fused-ring (bicyclic) bond motifs is 1. The number of ether oxygens (including phenoxy) is 6. The predicted molar refractivity (Wildman–Crippen MR) is 181 cm³/mol. The fourth-order valence-electron chi connectivity index (χ4n) is 8.99. The molecule has 3 heterocycles. The van der Waals surface area contributed by atoms with E-state index in [4.69, 9.17) is 28.4 Å². The Morgan fingerprint density at radius 1 is 0.600 bits per heavy atom. The third-order valence-electron chi connectivity index (χ3n) is 12.3. The molecule has 0 aromatic heterocycles. The summed E-state index contributed by atoms with van der Waals surface area (Å²) in [6.45, 7) is -1.21. The molecule has 19 nitrogen and oxygen atoms in total. The Labute approximate surface area is 317 Å². The van der Waals surface area contributed by atoms with Crippen LogP contribution in [0.15, 0.2) is 12.2 Å². The molecule has 12 N–H and O–H groups in total. The van der Waals surface area contributed by atoms with Gasteiger partial charge in [0.2, 0.25) is 0 Å². The van der Waals surface area contributed by atoms with E-state index in [1.165, 1.54) is 6.08 Å². The number of carbonyl (C=O) groups excluding carboxylic acids is 1. The van der Waals surface area contributed by atoms with Gasteiger partial charge in [-0.05, 0) is 63.2 Å². The first-order chi connectivity index (χ1) is 26.1. The summed E-state index contributed by atoms with van der Waals surface area (Å²) in [4.78, 5) is 12.6. The third kappa shape index (κ3) is 9.88. The highest BCUT2D eigenvalue weighted by Gasteiger charge is 2.54. The second-order valence-electron chi connectivity index (χ2n) is 16.1. The Hall–Kier alpha value is -1.47. The molecule has 0 bridgehead atoms. The van der Waals surface area contributed by atoms with Crippen molar-refractivity contribution in [3.05, 3.63) is 12.2 Å². The van der Waals surface area contributed by atoms with Crippen LogP contribution in [0.3, 0.4) is 0 Å². The van der Waals surface area contributed by atoms with Crippen LogP contribution in [0.2, 0.25) is 0 Å². The number of hydrogen-bond acceptors (Lipinski definition) is 19. The summed E-state index contributed by atoms with van der Waals surface area (Å²) in [7, 11) is 0. The number of carbonyl (C=O) groups is 1. The topological polar surface area (TPSA) is 315 Å². The lowest BCUT2D eigenvalue weighted by Gasteiger charge is -2.52. The van der Waals surface area contributed by atoms with Crippen LogP contribution in [0.5, 0.6) is 0 Å². The fourth-order valence-corrected chi connectivity index (χ4v) is 8.99. The van der Waals surface area contributed by atoms with Gasteiger partial charge in [0.05, 0.1) is 61.5 Å². The molecule has 0 radical (unpaired) electrons. The van der Waals surface area contributed by atoms with Gasteiger partial charge in [-0.25, -0.2) is 4.79 Å². The quantitative estimate of drug-likeness (QED) is 0.0732. The van der Waals surface area contributed by atoms with Crippen molar-refractivity contribution in [3.63, 3.8) is 0 Å². The molecule has 22 atom stereocenters. The van der Waals surface area contributed by atoms with E-state index < -0.39 is 141 Å². The van der Waals surface area contributed by atoms with Crippen molar-refractivity contribution in [3.8, 4) is 0 Å². The van der Waals surface area contributed by atoms with Crippen molar-refractivity contribution in [1.82, 2.24) is 0 Å². The molecule has 6 fully saturated rings. The van der Waals surface area contributed by atoms with E-state index in [-0.39, 0.29) is 50.4 Å². The lowest BCUT2D eigenvalue weighted by molar-refractivity contribution is -0.344. The third-order valence-corrected chi connectivity index (χ3v) is 12.3. The zero-order valence-corrected chi connectivity index (χ0v) is 30.4. The molecule has 22 unspecified atom stereocenters. The molecule has 0 amide bonds. The van der Waals surface area contributed by atoms with E-state index in [0.29, 0.717) is 19.3 Å². The van der Waals surface area contributed by atoms with Crippen LogP contribution >= 0.6 is 0 Å². The Morgan fingerprint density at radius 3 is 1.84 bits per heavy atom. The largest absolute Gasteiger partial charge is 0.460 e. The van der Waals surface area contributed by atoms with Gasteiger partial charge in [0.1, 0.15) is 55.4 Å². The Balaban J connectivity index is 1.16. The Kier molecular flexibility index (Phi) is 14.6. The summed E-state index contributed by atoms with van der Waals surface area (Å²) in [5, 5.41) is 125. The normalized spacial score (nSPS) is 51.1. The molecular formula is C36H58O19. The highest BCUT2D eigenvalue weighted by molar-refractivity contribution is 5.81. The number of rotatable bonds is 10. The standard InChI is InChI=1S/C36H58O19/c37-12-25-28(44)30(46)32(48)35(54-25)52-23-10-16(38)9-22-17(23)11-24(34(51-22)15-3-5-19(40)21(42)8-15)53-36-33(49)31(47)29(45)26(55-36)13-50-27(43)6-2-14-1-4-18(39)20(41)7-14/h2,6,14-26,28-42,44-49H,1,3-5,7-13H2. The van der Waals surface area contributed by atoms with Crippen LogP contribution in [0, 0.1) is 17.8 Å². The molecule has 316 valence electrons. The minimum absolute atomic E-state index is 0.0455. The zero-order chi connectivity index (χ0) is 39.7. The number of aliphatic hydroxyl groups is 12. The lowest BCUT2D eigenvalue weighted by Crippen LogP contribution is -2.63. The van der Waals surface area contributed by atoms with Gasteiger partial charge in [-0.15, -0.1) is 0 Å². The second kappa shape index (κ2) is 18.6. The van der Waals surface area contributed by atoms with E-state index >= 15 is 0 Å². The molecule has 0 aromatic carbocycles. The average molecular weight is 795 g/mol. The van der Waals surface area contributed by atoms with Gasteiger partial charge in [0.15, 0.2) is 12.6 Å². The zero-order valence-electron chi connectivity index (χ0n) is 30.4. The van der Waals surface area contributed by atoms with Gasteiger partial charge in [0.25, 0.3) is 0 Å². The van der Waals surface area contributed by atoms with Crippen LogP contribution in [0.4, 0.5) is 0 Å². The summed E-state index contributed by atoms with van der Waals surface area (Å²) in [5.41, 5.74) is 0. The van der Waals surface area contributed by atoms with Crippen LogP contribution in [0.25, 0.3) is 0 Å². The molecule has 0 spiro atoms. The number of allylic oxidation sites excluding steroid dienone is 1. The molecule has 3 saturated carbocycles. The van der Waals surface area contributed by atoms with Crippen LogP contribution in [0.1, 0.15) is 57.8 Å². The smallest absolute Gasteiger partial charge is 0.330 e. The summed E-state index contributed by atoms with van der Waals surface area (Å²) in [5.74, 6) is -1.89. The van der Waals surface area contributed by atoms with Gasteiger partial charge < -0.3 is 89.7 Å². The van der Waals surface area contributed by atoms with Gasteiger partial charge in [-0.1, -0.05) is 6.08 Å². The van der Waals surface area contributed by atoms with Crippen molar-refractivity contribution in [2.24, 2.45) is 17.8 Å². The van der Waals surface area contributed by atoms with Crippen molar-refractivity contribution in [2.75, 3.05) is 13.2 Å². The molecular weight excluding hydrogens is 736 g/mol. The maximum absolute atomic E-state index is 12.6. The minimum atomic E-state index is -1.79. The number of esters is 1. The van der Waals surface area contributed by atoms with Crippen LogP contribution < -0.4 is 0 Å². The second-order valence-corrected chi connectivity index (χ2v) is 16.1. The minimum Gasteiger partial charge on any atom is -0.460 e. The van der Waals surface area contributed by atoms with Crippen LogP contribution in [-0.4, -0.2) is 197 Å². The van der Waals surface area contributed by atoms with Crippen LogP contribution in [-0.2, 0) is 33.2 Å². The van der Waals surface area contributed by atoms with Gasteiger partial charge in [-0.2, -0.15) is 0 Å². The summed E-state index contributed by atoms with van der Waals surface area (Å²) < 4.78 is 35.8. The van der Waals surface area contributed by atoms with Crippen molar-refractivity contribution < 1.29 is 94.5 Å². The SMILES string of the molecule is O=C(C=CC1CCC(O)C(O)C1)OCC1OC(OC2CC3C(OC4OC(CO)C(O)C(O)C4O)CC(O)CC3OC2C2CCC(O)C(O)C2)C(O)C(O)C1O. The highest BCUT2D eigenvalue weighted by atomic mass is 16.7. The van der Waals surface area contributed by atoms with Gasteiger partial charge in [-0.3, -0.25) is 0 Å². The van der Waals surface area contributed by atoms with E-state index in [1.54, 1.807) is 6.08 Å².